The summed E-state index contributed by atoms with van der Waals surface area (Å²) in [5.41, 5.74) is 1.12. The summed E-state index contributed by atoms with van der Waals surface area (Å²) in [6.45, 7) is 5.46. The van der Waals surface area contributed by atoms with Crippen molar-refractivity contribution in [3.05, 3.63) is 41.3 Å². The summed E-state index contributed by atoms with van der Waals surface area (Å²) in [4.78, 5) is 21.4. The van der Waals surface area contributed by atoms with E-state index in [0.717, 1.165) is 15.7 Å². The maximum Gasteiger partial charge on any atom is 0.338 e. The van der Waals surface area contributed by atoms with Gasteiger partial charge in [-0.3, -0.25) is 4.98 Å². The Morgan fingerprint density at radius 3 is 2.74 bits per heavy atom. The van der Waals surface area contributed by atoms with Crippen molar-refractivity contribution in [1.82, 2.24) is 9.71 Å². The van der Waals surface area contributed by atoms with Crippen LogP contribution in [0.25, 0.3) is 11.3 Å². The Balaban J connectivity index is 2.31. The number of hydrogen-bond acceptors (Lipinski definition) is 3. The number of pyridine rings is 1. The zero-order valence-corrected chi connectivity index (χ0v) is 12.6. The van der Waals surface area contributed by atoms with Gasteiger partial charge in [0.1, 0.15) is 0 Å². The highest BCUT2D eigenvalue weighted by molar-refractivity contribution is 9.10. The molecule has 0 N–H and O–H groups in total. The Morgan fingerprint density at radius 2 is 2.11 bits per heavy atom. The van der Waals surface area contributed by atoms with Gasteiger partial charge in [0.25, 0.3) is 0 Å². The summed E-state index contributed by atoms with van der Waals surface area (Å²) in [5, 5.41) is 0. The van der Waals surface area contributed by atoms with Crippen LogP contribution in [0.5, 0.6) is 0 Å². The maximum atomic E-state index is 11.9. The van der Waals surface area contributed by atoms with Crippen LogP contribution in [0.3, 0.4) is 0 Å². The summed E-state index contributed by atoms with van der Waals surface area (Å²) >= 11 is 3.38. The third-order valence-corrected chi connectivity index (χ3v) is 2.94. The zero-order valence-electron chi connectivity index (χ0n) is 11.1. The van der Waals surface area contributed by atoms with Gasteiger partial charge in [0.05, 0.1) is 11.1 Å². The number of carbonyl (C=O) groups excluding carboxylic acids is 1. The van der Waals surface area contributed by atoms with Crippen LogP contribution in [0.15, 0.2) is 41.3 Å². The Hall–Kier alpha value is -1.62. The third kappa shape index (κ3) is 3.23. The van der Waals surface area contributed by atoms with Gasteiger partial charge in [-0.2, -0.15) is 4.73 Å². The summed E-state index contributed by atoms with van der Waals surface area (Å²) in [7, 11) is 0. The van der Waals surface area contributed by atoms with Gasteiger partial charge in [-0.05, 0) is 54.9 Å². The van der Waals surface area contributed by atoms with Gasteiger partial charge in [0.15, 0.2) is 0 Å². The molecular weight excluding hydrogens is 308 g/mol. The van der Waals surface area contributed by atoms with E-state index in [2.05, 4.69) is 20.9 Å². The van der Waals surface area contributed by atoms with Crippen molar-refractivity contribution < 1.29 is 9.63 Å². The molecule has 2 aromatic heterocycles. The molecule has 0 radical (unpaired) electrons. The van der Waals surface area contributed by atoms with E-state index in [4.69, 9.17) is 4.84 Å². The SMILES string of the molecule is CC(C)(C)C(=O)On1cccc1-c1cncc(Br)c1. The predicted octanol–water partition coefficient (Wildman–Crippen LogP) is 3.31. The molecule has 0 bridgehead atoms. The minimum absolute atomic E-state index is 0.284. The van der Waals surface area contributed by atoms with Gasteiger partial charge in [0, 0.05) is 28.6 Å². The highest BCUT2D eigenvalue weighted by Gasteiger charge is 2.24. The largest absolute Gasteiger partial charge is 0.338 e. The maximum absolute atomic E-state index is 11.9. The van der Waals surface area contributed by atoms with Gasteiger partial charge < -0.3 is 4.84 Å². The van der Waals surface area contributed by atoms with E-state index in [9.17, 15) is 4.79 Å². The Morgan fingerprint density at radius 1 is 1.37 bits per heavy atom. The Labute approximate surface area is 120 Å². The van der Waals surface area contributed by atoms with E-state index in [1.54, 1.807) is 18.6 Å². The lowest BCUT2D eigenvalue weighted by Gasteiger charge is -2.17. The van der Waals surface area contributed by atoms with E-state index < -0.39 is 5.41 Å². The van der Waals surface area contributed by atoms with E-state index in [-0.39, 0.29) is 5.97 Å². The summed E-state index contributed by atoms with van der Waals surface area (Å²) < 4.78 is 2.34. The molecular formula is C14H15BrN2O2. The number of halogens is 1. The van der Waals surface area contributed by atoms with Crippen LogP contribution in [0.4, 0.5) is 0 Å². The monoisotopic (exact) mass is 322 g/mol. The van der Waals surface area contributed by atoms with Crippen LogP contribution in [0.2, 0.25) is 0 Å². The lowest BCUT2D eigenvalue weighted by atomic mass is 9.98. The molecule has 0 aliphatic carbocycles. The van der Waals surface area contributed by atoms with Crippen molar-refractivity contribution in [1.29, 1.82) is 0 Å². The number of nitrogens with zero attached hydrogens (tertiary/aromatic N) is 2. The third-order valence-electron chi connectivity index (χ3n) is 2.51. The van der Waals surface area contributed by atoms with E-state index in [1.165, 1.54) is 4.73 Å². The second-order valence-electron chi connectivity index (χ2n) is 5.24. The lowest BCUT2D eigenvalue weighted by Crippen LogP contribution is -2.31. The average Bonchev–Trinajstić information content (AvgIpc) is 2.76. The van der Waals surface area contributed by atoms with Crippen molar-refractivity contribution >= 4 is 21.9 Å². The molecule has 0 aliphatic rings. The number of aromatic nitrogens is 2. The molecule has 19 heavy (non-hydrogen) atoms. The fraction of sp³-hybridized carbons (Fsp3) is 0.286. The second kappa shape index (κ2) is 5.17. The number of hydrogen-bond donors (Lipinski definition) is 0. The fourth-order valence-corrected chi connectivity index (χ4v) is 1.81. The van der Waals surface area contributed by atoms with E-state index in [1.807, 2.05) is 39.0 Å². The molecule has 0 aromatic carbocycles. The van der Waals surface area contributed by atoms with Crippen LogP contribution in [0, 0.1) is 5.41 Å². The molecule has 0 atom stereocenters. The Kier molecular flexibility index (Phi) is 3.75. The topological polar surface area (TPSA) is 44.1 Å². The van der Waals surface area contributed by atoms with Crippen LogP contribution in [-0.2, 0) is 4.79 Å². The first-order valence-electron chi connectivity index (χ1n) is 5.89. The number of rotatable bonds is 2. The van der Waals surface area contributed by atoms with E-state index >= 15 is 0 Å². The molecule has 4 nitrogen and oxygen atoms in total. The van der Waals surface area contributed by atoms with Gasteiger partial charge in [-0.25, -0.2) is 4.79 Å². The fourth-order valence-electron chi connectivity index (χ4n) is 1.45. The van der Waals surface area contributed by atoms with Crippen LogP contribution in [0.1, 0.15) is 20.8 Å². The number of carbonyl (C=O) groups is 1. The van der Waals surface area contributed by atoms with Gasteiger partial charge in [-0.15, -0.1) is 0 Å². The molecule has 0 unspecified atom stereocenters. The van der Waals surface area contributed by atoms with Gasteiger partial charge in [-0.1, -0.05) is 0 Å². The molecule has 100 valence electrons. The second-order valence-corrected chi connectivity index (χ2v) is 6.16. The van der Waals surface area contributed by atoms with Crippen molar-refractivity contribution in [2.75, 3.05) is 0 Å². The van der Waals surface area contributed by atoms with Crippen LogP contribution >= 0.6 is 15.9 Å². The average molecular weight is 323 g/mol. The first-order valence-corrected chi connectivity index (χ1v) is 6.68. The first kappa shape index (κ1) is 13.8. The molecule has 0 spiro atoms. The minimum Gasteiger partial charge on any atom is -0.336 e. The van der Waals surface area contributed by atoms with E-state index in [0.29, 0.717) is 0 Å². The normalized spacial score (nSPS) is 11.4. The van der Waals surface area contributed by atoms with Crippen molar-refractivity contribution in [3.63, 3.8) is 0 Å². The van der Waals surface area contributed by atoms with Crippen LogP contribution < -0.4 is 4.84 Å². The summed E-state index contributed by atoms with van der Waals surface area (Å²) in [5.74, 6) is -0.284. The standard InChI is InChI=1S/C14H15BrN2O2/c1-14(2,3)13(18)19-17-6-4-5-12(17)10-7-11(15)9-16-8-10/h4-9H,1-3H3. The van der Waals surface area contributed by atoms with Gasteiger partial charge >= 0.3 is 5.97 Å². The summed E-state index contributed by atoms with van der Waals surface area (Å²) in [6, 6.07) is 5.62. The Bertz CT molecular complexity index is 599. The summed E-state index contributed by atoms with van der Waals surface area (Å²) in [6.07, 6.45) is 5.14. The smallest absolute Gasteiger partial charge is 0.336 e. The van der Waals surface area contributed by atoms with Crippen molar-refractivity contribution in [2.45, 2.75) is 20.8 Å². The molecule has 0 aliphatic heterocycles. The molecule has 2 heterocycles. The molecule has 0 amide bonds. The highest BCUT2D eigenvalue weighted by Crippen LogP contribution is 2.22. The molecule has 0 saturated carbocycles. The molecule has 5 heteroatoms. The predicted molar refractivity (Wildman–Crippen MR) is 76.4 cm³/mol. The van der Waals surface area contributed by atoms with Gasteiger partial charge in [0.2, 0.25) is 0 Å². The quantitative estimate of drug-likeness (QED) is 0.852. The zero-order chi connectivity index (χ0) is 14.0. The van der Waals surface area contributed by atoms with Crippen molar-refractivity contribution in [3.8, 4) is 11.3 Å². The lowest BCUT2D eigenvalue weighted by molar-refractivity contribution is -0.153. The highest BCUT2D eigenvalue weighted by atomic mass is 79.9. The first-order chi connectivity index (χ1) is 8.88. The minimum atomic E-state index is -0.545. The van der Waals surface area contributed by atoms with Crippen LogP contribution in [-0.4, -0.2) is 15.7 Å². The van der Waals surface area contributed by atoms with Crippen molar-refractivity contribution in [2.24, 2.45) is 5.41 Å². The molecule has 2 rings (SSSR count). The molecule has 0 saturated heterocycles. The molecule has 2 aromatic rings. The molecule has 0 fully saturated rings.